The summed E-state index contributed by atoms with van der Waals surface area (Å²) in [7, 11) is 0. The van der Waals surface area contributed by atoms with Gasteiger partial charge in [-0.2, -0.15) is 0 Å². The molecule has 0 saturated heterocycles. The highest BCUT2D eigenvalue weighted by Crippen LogP contribution is 2.38. The van der Waals surface area contributed by atoms with Gasteiger partial charge in [0.25, 0.3) is 0 Å². The number of benzene rings is 1. The fourth-order valence-electron chi connectivity index (χ4n) is 1.41. The molecule has 1 radical (unpaired) electrons. The fraction of sp³-hybridized carbons (Fsp3) is 0.100. The molecule has 0 aliphatic carbocycles. The zero-order valence-electron chi connectivity index (χ0n) is 7.64. The van der Waals surface area contributed by atoms with Crippen LogP contribution in [0, 0.1) is 0 Å². The van der Waals surface area contributed by atoms with E-state index in [1.54, 1.807) is 6.29 Å². The average molecular weight is 287 g/mol. The molecule has 0 amide bonds. The van der Waals surface area contributed by atoms with Crippen molar-refractivity contribution in [3.63, 3.8) is 0 Å². The van der Waals surface area contributed by atoms with Gasteiger partial charge in [0, 0.05) is 15.6 Å². The quantitative estimate of drug-likeness (QED) is 0.890. The molecule has 3 N–H and O–H groups in total. The van der Waals surface area contributed by atoms with Gasteiger partial charge in [-0.3, -0.25) is 4.79 Å². The number of fused-ring (bicyclic) bond motifs is 1. The molecule has 2 aromatic rings. The highest BCUT2D eigenvalue weighted by atomic mass is 79.9. The van der Waals surface area contributed by atoms with E-state index in [4.69, 9.17) is 5.73 Å². The van der Waals surface area contributed by atoms with Crippen molar-refractivity contribution in [1.82, 2.24) is 0 Å². The maximum absolute atomic E-state index is 10.4. The van der Waals surface area contributed by atoms with Crippen molar-refractivity contribution in [2.24, 2.45) is 5.73 Å². The lowest BCUT2D eigenvalue weighted by Crippen LogP contribution is -2.10. The van der Waals surface area contributed by atoms with Crippen LogP contribution in [0.2, 0.25) is 0 Å². The lowest BCUT2D eigenvalue weighted by molar-refractivity contribution is 0.481. The van der Waals surface area contributed by atoms with Crippen molar-refractivity contribution in [1.29, 1.82) is 0 Å². The standard InChI is InChI=1S/C10H8NO2S.BrH/c11-7(5-12)9-6-3-1-2-4-8(6)14-10(9)13;/h1-4,7,13H,11H2;1H. The first kappa shape index (κ1) is 12.2. The number of thiophene rings is 1. The van der Waals surface area contributed by atoms with Crippen LogP contribution in [0.15, 0.2) is 24.3 Å². The van der Waals surface area contributed by atoms with E-state index in [2.05, 4.69) is 0 Å². The van der Waals surface area contributed by atoms with Crippen molar-refractivity contribution in [2.45, 2.75) is 6.04 Å². The largest absolute Gasteiger partial charge is 0.499 e. The van der Waals surface area contributed by atoms with Gasteiger partial charge in [-0.25, -0.2) is 0 Å². The van der Waals surface area contributed by atoms with E-state index in [1.165, 1.54) is 11.3 Å². The normalized spacial score (nSPS) is 12.1. The highest BCUT2D eigenvalue weighted by molar-refractivity contribution is 8.93. The van der Waals surface area contributed by atoms with E-state index in [1.807, 2.05) is 24.3 Å². The van der Waals surface area contributed by atoms with Crippen LogP contribution in [0.4, 0.5) is 0 Å². The van der Waals surface area contributed by atoms with Crippen molar-refractivity contribution in [3.8, 4) is 5.06 Å². The molecule has 1 heterocycles. The number of halogens is 1. The molecule has 5 heteroatoms. The number of rotatable bonds is 2. The molecule has 0 fully saturated rings. The molecule has 1 unspecified atom stereocenters. The Morgan fingerprint density at radius 1 is 1.40 bits per heavy atom. The molecule has 0 aliphatic rings. The third kappa shape index (κ3) is 2.04. The van der Waals surface area contributed by atoms with Crippen LogP contribution in [0.5, 0.6) is 5.06 Å². The summed E-state index contributed by atoms with van der Waals surface area (Å²) in [6, 6.07) is 6.55. The van der Waals surface area contributed by atoms with Crippen molar-refractivity contribution < 1.29 is 9.90 Å². The average Bonchev–Trinajstić information content (AvgIpc) is 2.53. The summed E-state index contributed by atoms with van der Waals surface area (Å²) in [5.41, 5.74) is 6.00. The monoisotopic (exact) mass is 286 g/mol. The van der Waals surface area contributed by atoms with E-state index in [0.29, 0.717) is 5.56 Å². The van der Waals surface area contributed by atoms with E-state index in [-0.39, 0.29) is 22.0 Å². The Balaban J connectivity index is 0.00000112. The van der Waals surface area contributed by atoms with E-state index in [9.17, 15) is 9.90 Å². The van der Waals surface area contributed by atoms with Crippen LogP contribution in [-0.2, 0) is 4.79 Å². The van der Waals surface area contributed by atoms with Crippen molar-refractivity contribution in [3.05, 3.63) is 29.8 Å². The summed E-state index contributed by atoms with van der Waals surface area (Å²) in [6.07, 6.45) is 1.67. The van der Waals surface area contributed by atoms with E-state index in [0.717, 1.165) is 10.1 Å². The Morgan fingerprint density at radius 2 is 2.07 bits per heavy atom. The molecule has 0 saturated carbocycles. The van der Waals surface area contributed by atoms with Gasteiger partial charge in [-0.05, 0) is 6.07 Å². The summed E-state index contributed by atoms with van der Waals surface area (Å²) in [6.45, 7) is 0. The highest BCUT2D eigenvalue weighted by Gasteiger charge is 2.17. The number of hydrogen-bond donors (Lipinski definition) is 2. The Kier molecular flexibility index (Phi) is 3.84. The second kappa shape index (κ2) is 4.74. The van der Waals surface area contributed by atoms with Crippen LogP contribution in [0.1, 0.15) is 11.6 Å². The third-order valence-corrected chi connectivity index (χ3v) is 3.04. The van der Waals surface area contributed by atoms with Gasteiger partial charge in [0.1, 0.15) is 6.04 Å². The summed E-state index contributed by atoms with van der Waals surface area (Å²) >= 11 is 1.22. The van der Waals surface area contributed by atoms with Crippen LogP contribution < -0.4 is 5.73 Å². The summed E-state index contributed by atoms with van der Waals surface area (Å²) in [5, 5.41) is 10.5. The Bertz CT molecular complexity index is 483. The molecular formula is C10H9BrNO2S. The van der Waals surface area contributed by atoms with Gasteiger partial charge in [-0.15, -0.1) is 17.0 Å². The molecule has 3 nitrogen and oxygen atoms in total. The zero-order valence-corrected chi connectivity index (χ0v) is 10.2. The predicted octanol–water partition coefficient (Wildman–Crippen LogP) is 2.29. The van der Waals surface area contributed by atoms with Crippen LogP contribution in [0.3, 0.4) is 0 Å². The minimum absolute atomic E-state index is 0. The molecule has 1 aromatic carbocycles. The number of nitrogens with two attached hydrogens (primary N) is 1. The van der Waals surface area contributed by atoms with Crippen molar-refractivity contribution in [2.75, 3.05) is 0 Å². The van der Waals surface area contributed by atoms with Gasteiger partial charge in [0.05, 0.1) is 0 Å². The summed E-state index contributed by atoms with van der Waals surface area (Å²) in [4.78, 5) is 10.4. The first-order chi connectivity index (χ1) is 6.74. The van der Waals surface area contributed by atoms with E-state index < -0.39 is 6.04 Å². The smallest absolute Gasteiger partial charge is 0.221 e. The predicted molar refractivity (Wildman–Crippen MR) is 66.4 cm³/mol. The molecule has 0 aliphatic heterocycles. The number of aromatic hydroxyl groups is 1. The molecule has 1 aromatic heterocycles. The third-order valence-electron chi connectivity index (χ3n) is 2.05. The van der Waals surface area contributed by atoms with Gasteiger partial charge in [0.15, 0.2) is 5.06 Å². The second-order valence-electron chi connectivity index (χ2n) is 2.91. The SMILES string of the molecule is Br.NC([C]=O)c1c(O)sc2ccccc12. The van der Waals surface area contributed by atoms with Gasteiger partial charge < -0.3 is 10.8 Å². The van der Waals surface area contributed by atoms with Crippen molar-refractivity contribution >= 4 is 44.7 Å². The maximum atomic E-state index is 10.4. The molecule has 15 heavy (non-hydrogen) atoms. The Labute approximate surface area is 101 Å². The second-order valence-corrected chi connectivity index (χ2v) is 3.94. The number of hydrogen-bond acceptors (Lipinski definition) is 4. The lowest BCUT2D eigenvalue weighted by Gasteiger charge is -2.01. The molecule has 0 bridgehead atoms. The van der Waals surface area contributed by atoms with Crippen LogP contribution in [-0.4, -0.2) is 11.4 Å². The number of carbonyl (C=O) groups excluding carboxylic acids is 1. The Morgan fingerprint density at radius 3 is 2.73 bits per heavy atom. The molecule has 0 spiro atoms. The van der Waals surface area contributed by atoms with Gasteiger partial charge >= 0.3 is 0 Å². The van der Waals surface area contributed by atoms with Crippen LogP contribution >= 0.6 is 28.3 Å². The molecule has 2 rings (SSSR count). The molecular weight excluding hydrogens is 278 g/mol. The maximum Gasteiger partial charge on any atom is 0.221 e. The fourth-order valence-corrected chi connectivity index (χ4v) is 2.40. The minimum atomic E-state index is -0.869. The molecule has 1 atom stereocenters. The topological polar surface area (TPSA) is 63.3 Å². The van der Waals surface area contributed by atoms with E-state index >= 15 is 0 Å². The van der Waals surface area contributed by atoms with Gasteiger partial charge in [0.2, 0.25) is 6.29 Å². The minimum Gasteiger partial charge on any atom is -0.499 e. The summed E-state index contributed by atoms with van der Waals surface area (Å²) < 4.78 is 0.922. The Hall–Kier alpha value is -0.910. The first-order valence-corrected chi connectivity index (χ1v) is 4.89. The lowest BCUT2D eigenvalue weighted by atomic mass is 10.1. The first-order valence-electron chi connectivity index (χ1n) is 4.07. The zero-order chi connectivity index (χ0) is 10.1. The summed E-state index contributed by atoms with van der Waals surface area (Å²) in [5.74, 6) is 0. The molecule has 79 valence electrons. The van der Waals surface area contributed by atoms with Crippen LogP contribution in [0.25, 0.3) is 10.1 Å². The van der Waals surface area contributed by atoms with Gasteiger partial charge in [-0.1, -0.05) is 29.5 Å².